The molecule has 0 spiro atoms. The average molecular weight is 641 g/mol. The highest BCUT2D eigenvalue weighted by Crippen LogP contribution is 2.36. The van der Waals surface area contributed by atoms with Crippen molar-refractivity contribution < 1.29 is 26.7 Å². The minimum Gasteiger partial charge on any atom is -0.495 e. The summed E-state index contributed by atoms with van der Waals surface area (Å²) in [6.07, 6.45) is 3.33. The number of amides is 1. The zero-order valence-electron chi connectivity index (χ0n) is 24.5. The highest BCUT2D eigenvalue weighted by Gasteiger charge is 2.21. The number of hydrogen-bond donors (Lipinski definition) is 2. The van der Waals surface area contributed by atoms with Gasteiger partial charge in [-0.3, -0.25) is 4.79 Å². The molecule has 0 fully saturated rings. The van der Waals surface area contributed by atoms with E-state index in [4.69, 9.17) is 14.8 Å². The Hall–Kier alpha value is -5.69. The largest absolute Gasteiger partial charge is 0.495 e. The van der Waals surface area contributed by atoms with Gasteiger partial charge in [0.25, 0.3) is 5.91 Å². The molecular formula is C33H26F2N6O4S. The molecule has 3 aromatic heterocycles. The number of hydrogen-bond acceptors (Lipinski definition) is 8. The molecule has 6 rings (SSSR count). The molecule has 46 heavy (non-hydrogen) atoms. The topological polar surface area (TPSA) is 128 Å². The van der Waals surface area contributed by atoms with Crippen LogP contribution in [0.5, 0.6) is 5.75 Å². The second-order valence-corrected chi connectivity index (χ2v) is 12.3. The van der Waals surface area contributed by atoms with Gasteiger partial charge in [0.05, 0.1) is 40.2 Å². The van der Waals surface area contributed by atoms with E-state index in [0.29, 0.717) is 39.6 Å². The Bertz CT molecular complexity index is 2200. The Labute approximate surface area is 262 Å². The summed E-state index contributed by atoms with van der Waals surface area (Å²) in [6.45, 7) is 1.57. The number of fused-ring (bicyclic) bond motifs is 1. The molecule has 6 aromatic rings. The van der Waals surface area contributed by atoms with Crippen LogP contribution in [-0.4, -0.2) is 46.8 Å². The van der Waals surface area contributed by atoms with Crippen molar-refractivity contribution in [1.82, 2.24) is 19.6 Å². The molecular weight excluding hydrogens is 614 g/mol. The second-order valence-electron chi connectivity index (χ2n) is 10.0. The third kappa shape index (κ3) is 5.87. The van der Waals surface area contributed by atoms with Gasteiger partial charge in [-0.05, 0) is 60.7 Å². The van der Waals surface area contributed by atoms with Crippen LogP contribution in [0.1, 0.15) is 17.3 Å². The van der Waals surface area contributed by atoms with Crippen molar-refractivity contribution in [3.05, 3.63) is 115 Å². The first-order valence-corrected chi connectivity index (χ1v) is 15.7. The van der Waals surface area contributed by atoms with Gasteiger partial charge in [-0.1, -0.05) is 31.2 Å². The number of sulfone groups is 1. The summed E-state index contributed by atoms with van der Waals surface area (Å²) in [4.78, 5) is 22.0. The lowest BCUT2D eigenvalue weighted by molar-refractivity contribution is 0.101. The van der Waals surface area contributed by atoms with Crippen molar-refractivity contribution in [2.75, 3.05) is 23.5 Å². The van der Waals surface area contributed by atoms with Gasteiger partial charge in [-0.15, -0.1) is 0 Å². The fourth-order valence-corrected chi connectivity index (χ4v) is 5.84. The number of methoxy groups -OCH3 is 1. The van der Waals surface area contributed by atoms with Gasteiger partial charge in [-0.2, -0.15) is 5.10 Å². The van der Waals surface area contributed by atoms with Crippen molar-refractivity contribution >= 4 is 38.6 Å². The molecule has 0 bridgehead atoms. The van der Waals surface area contributed by atoms with Gasteiger partial charge in [0, 0.05) is 23.6 Å². The Kier molecular flexibility index (Phi) is 8.16. The highest BCUT2D eigenvalue weighted by molar-refractivity contribution is 7.91. The zero-order valence-corrected chi connectivity index (χ0v) is 25.3. The minimum atomic E-state index is -3.48. The van der Waals surface area contributed by atoms with Crippen molar-refractivity contribution in [3.8, 4) is 28.3 Å². The number of nitrogens with zero attached hydrogens (tertiary/aromatic N) is 4. The van der Waals surface area contributed by atoms with Gasteiger partial charge < -0.3 is 15.4 Å². The van der Waals surface area contributed by atoms with Gasteiger partial charge in [0.15, 0.2) is 9.84 Å². The standard InChI is InChI=1S/C33H26F2N6O4S/c1-3-46(43,44)22-13-14-28(45-2)26(19-22)39-33-36-16-15-25(38-33)30-27-12-4-5-17-41(27)40-31(30)20-8-6-9-21(18-20)37-32(42)29-23(34)10-7-11-24(29)35/h4-19H,3H2,1-2H3,(H,37,42)(H,36,38,39). The van der Waals surface area contributed by atoms with Crippen LogP contribution in [0, 0.1) is 11.6 Å². The number of aromatic nitrogens is 4. The van der Waals surface area contributed by atoms with Crippen molar-refractivity contribution in [2.24, 2.45) is 0 Å². The molecule has 0 saturated heterocycles. The summed E-state index contributed by atoms with van der Waals surface area (Å²) in [5, 5.41) is 10.4. The van der Waals surface area contributed by atoms with E-state index < -0.39 is 32.9 Å². The van der Waals surface area contributed by atoms with Crippen molar-refractivity contribution in [2.45, 2.75) is 11.8 Å². The SMILES string of the molecule is CCS(=O)(=O)c1ccc(OC)c(Nc2nccc(-c3c(-c4cccc(NC(=O)c5c(F)cccc5F)c4)nn4ccccc34)n2)c1. The van der Waals surface area contributed by atoms with Gasteiger partial charge in [-0.25, -0.2) is 31.7 Å². The Morgan fingerprint density at radius 3 is 2.50 bits per heavy atom. The molecule has 0 radical (unpaired) electrons. The van der Waals surface area contributed by atoms with Crippen LogP contribution in [0.3, 0.4) is 0 Å². The molecule has 13 heteroatoms. The van der Waals surface area contributed by atoms with E-state index in [-0.39, 0.29) is 16.6 Å². The number of anilines is 3. The van der Waals surface area contributed by atoms with E-state index in [2.05, 4.69) is 15.6 Å². The molecule has 3 heterocycles. The molecule has 232 valence electrons. The van der Waals surface area contributed by atoms with Crippen LogP contribution in [0.25, 0.3) is 28.0 Å². The van der Waals surface area contributed by atoms with Crippen LogP contribution in [0.4, 0.5) is 26.1 Å². The zero-order chi connectivity index (χ0) is 32.4. The lowest BCUT2D eigenvalue weighted by Gasteiger charge is -2.13. The van der Waals surface area contributed by atoms with Crippen LogP contribution in [0.15, 0.2) is 102 Å². The smallest absolute Gasteiger partial charge is 0.261 e. The highest BCUT2D eigenvalue weighted by atomic mass is 32.2. The Morgan fingerprint density at radius 1 is 0.957 bits per heavy atom. The number of pyridine rings is 1. The predicted octanol–water partition coefficient (Wildman–Crippen LogP) is 6.53. The normalized spacial score (nSPS) is 11.4. The molecule has 1 amide bonds. The monoisotopic (exact) mass is 640 g/mol. The van der Waals surface area contributed by atoms with Gasteiger partial charge >= 0.3 is 0 Å². The lowest BCUT2D eigenvalue weighted by Crippen LogP contribution is -2.15. The summed E-state index contributed by atoms with van der Waals surface area (Å²) in [5.41, 5.74) is 2.94. The molecule has 3 aromatic carbocycles. The summed E-state index contributed by atoms with van der Waals surface area (Å²) in [6, 6.07) is 21.7. The van der Waals surface area contributed by atoms with E-state index in [1.54, 1.807) is 60.2 Å². The third-order valence-corrected chi connectivity index (χ3v) is 8.92. The Balaban J connectivity index is 1.39. The van der Waals surface area contributed by atoms with Crippen molar-refractivity contribution in [3.63, 3.8) is 0 Å². The summed E-state index contributed by atoms with van der Waals surface area (Å²) in [7, 11) is -2.01. The maximum atomic E-state index is 14.2. The summed E-state index contributed by atoms with van der Waals surface area (Å²) >= 11 is 0. The number of carbonyl (C=O) groups is 1. The molecule has 0 saturated carbocycles. The third-order valence-electron chi connectivity index (χ3n) is 7.19. The predicted molar refractivity (Wildman–Crippen MR) is 170 cm³/mol. The van der Waals surface area contributed by atoms with E-state index in [9.17, 15) is 22.0 Å². The summed E-state index contributed by atoms with van der Waals surface area (Å²) < 4.78 is 60.7. The maximum Gasteiger partial charge on any atom is 0.261 e. The molecule has 0 unspecified atom stereocenters. The lowest BCUT2D eigenvalue weighted by atomic mass is 10.0. The summed E-state index contributed by atoms with van der Waals surface area (Å²) in [5.74, 6) is -2.36. The number of nitrogens with one attached hydrogen (secondary N) is 2. The fourth-order valence-electron chi connectivity index (χ4n) is 4.93. The first-order chi connectivity index (χ1) is 22.2. The molecule has 0 aliphatic carbocycles. The van der Waals surface area contributed by atoms with Crippen LogP contribution >= 0.6 is 0 Å². The number of rotatable bonds is 9. The van der Waals surface area contributed by atoms with E-state index in [1.165, 1.54) is 25.3 Å². The number of carbonyl (C=O) groups excluding carboxylic acids is 1. The average Bonchev–Trinajstić information content (AvgIpc) is 3.45. The number of benzene rings is 3. The van der Waals surface area contributed by atoms with Gasteiger partial charge in [0.2, 0.25) is 5.95 Å². The van der Waals surface area contributed by atoms with Gasteiger partial charge in [0.1, 0.15) is 28.6 Å². The van der Waals surface area contributed by atoms with Crippen LogP contribution in [0.2, 0.25) is 0 Å². The minimum absolute atomic E-state index is 0.0623. The first-order valence-electron chi connectivity index (χ1n) is 14.0. The maximum absolute atomic E-state index is 14.2. The van der Waals surface area contributed by atoms with Crippen molar-refractivity contribution in [1.29, 1.82) is 0 Å². The van der Waals surface area contributed by atoms with E-state index in [0.717, 1.165) is 17.6 Å². The molecule has 2 N–H and O–H groups in total. The Morgan fingerprint density at radius 2 is 1.74 bits per heavy atom. The molecule has 10 nitrogen and oxygen atoms in total. The van der Waals surface area contributed by atoms with Crippen LogP contribution < -0.4 is 15.4 Å². The quantitative estimate of drug-likeness (QED) is 0.183. The fraction of sp³-hybridized carbons (Fsp3) is 0.0909. The van der Waals surface area contributed by atoms with E-state index >= 15 is 0 Å². The second kappa shape index (κ2) is 12.4. The van der Waals surface area contributed by atoms with E-state index in [1.807, 2.05) is 18.2 Å². The number of ether oxygens (including phenoxy) is 1. The van der Waals surface area contributed by atoms with Crippen LogP contribution in [-0.2, 0) is 9.84 Å². The first kappa shape index (κ1) is 30.3. The molecule has 0 atom stereocenters. The number of halogens is 2. The molecule has 0 aliphatic heterocycles. The molecule has 0 aliphatic rings.